The average molecular weight is 254 g/mol. The van der Waals surface area contributed by atoms with Crippen LogP contribution in [-0.2, 0) is 9.53 Å². The maximum atomic E-state index is 11.9. The Labute approximate surface area is 98.1 Å². The van der Waals surface area contributed by atoms with Crippen molar-refractivity contribution in [2.75, 3.05) is 32.8 Å². The van der Waals surface area contributed by atoms with Gasteiger partial charge in [0.05, 0.1) is 25.7 Å². The first-order chi connectivity index (χ1) is 7.90. The van der Waals surface area contributed by atoms with E-state index in [9.17, 15) is 18.0 Å². The topological polar surface area (TPSA) is 41.6 Å². The molecule has 0 radical (unpaired) electrons. The van der Waals surface area contributed by atoms with Crippen LogP contribution >= 0.6 is 0 Å². The molecule has 1 atom stereocenters. The molecule has 0 aromatic heterocycles. The lowest BCUT2D eigenvalue weighted by molar-refractivity contribution is -0.140. The number of carbonyl (C=O) groups excluding carboxylic acids is 1. The second kappa shape index (κ2) is 6.20. The molecule has 1 aliphatic rings. The van der Waals surface area contributed by atoms with Gasteiger partial charge in [-0.25, -0.2) is 0 Å². The lowest BCUT2D eigenvalue weighted by atomic mass is 10.2. The number of rotatable bonds is 4. The molecular formula is C10H17F3N2O2. The van der Waals surface area contributed by atoms with Crippen LogP contribution < -0.4 is 5.32 Å². The third-order valence-electron chi connectivity index (χ3n) is 2.55. The zero-order valence-corrected chi connectivity index (χ0v) is 9.72. The molecule has 1 amide bonds. The largest absolute Gasteiger partial charge is 0.390 e. The predicted octanol–water partition coefficient (Wildman–Crippen LogP) is 0.776. The van der Waals surface area contributed by atoms with Crippen LogP contribution in [0.5, 0.6) is 0 Å². The van der Waals surface area contributed by atoms with Gasteiger partial charge in [0.25, 0.3) is 0 Å². The lowest BCUT2D eigenvalue weighted by Crippen LogP contribution is -2.49. The maximum Gasteiger partial charge on any atom is 0.390 e. The number of hydrogen-bond acceptors (Lipinski definition) is 3. The normalized spacial score (nSPS) is 19.2. The van der Waals surface area contributed by atoms with Crippen molar-refractivity contribution in [3.63, 3.8) is 0 Å². The van der Waals surface area contributed by atoms with Crippen LogP contribution in [-0.4, -0.2) is 55.9 Å². The lowest BCUT2D eigenvalue weighted by Gasteiger charge is -2.29. The third-order valence-corrected chi connectivity index (χ3v) is 2.55. The van der Waals surface area contributed by atoms with Gasteiger partial charge in [0, 0.05) is 19.6 Å². The molecule has 1 heterocycles. The van der Waals surface area contributed by atoms with Gasteiger partial charge in [-0.05, 0) is 6.92 Å². The molecule has 0 bridgehead atoms. The molecule has 0 aliphatic carbocycles. The Kier molecular flexibility index (Phi) is 5.20. The van der Waals surface area contributed by atoms with Gasteiger partial charge in [0.2, 0.25) is 5.91 Å². The Balaban J connectivity index is 2.26. The van der Waals surface area contributed by atoms with Crippen molar-refractivity contribution in [1.29, 1.82) is 0 Å². The smallest absolute Gasteiger partial charge is 0.378 e. The first-order valence-electron chi connectivity index (χ1n) is 5.57. The molecule has 1 unspecified atom stereocenters. The van der Waals surface area contributed by atoms with E-state index in [1.165, 1.54) is 0 Å². The first kappa shape index (κ1) is 14.2. The number of carbonyl (C=O) groups is 1. The monoisotopic (exact) mass is 254 g/mol. The van der Waals surface area contributed by atoms with E-state index in [0.717, 1.165) is 0 Å². The molecule has 7 heteroatoms. The molecule has 0 aromatic carbocycles. The van der Waals surface area contributed by atoms with Crippen LogP contribution in [0.4, 0.5) is 13.2 Å². The van der Waals surface area contributed by atoms with E-state index in [1.807, 2.05) is 0 Å². The number of hydrogen-bond donors (Lipinski definition) is 1. The van der Waals surface area contributed by atoms with Gasteiger partial charge in [0.15, 0.2) is 0 Å². The van der Waals surface area contributed by atoms with Crippen LogP contribution in [0.2, 0.25) is 0 Å². The molecule has 4 nitrogen and oxygen atoms in total. The zero-order valence-electron chi connectivity index (χ0n) is 9.72. The minimum absolute atomic E-state index is 0.171. The van der Waals surface area contributed by atoms with E-state index in [4.69, 9.17) is 4.74 Å². The highest BCUT2D eigenvalue weighted by molar-refractivity contribution is 5.81. The van der Waals surface area contributed by atoms with Crippen molar-refractivity contribution >= 4 is 5.91 Å². The van der Waals surface area contributed by atoms with E-state index in [0.29, 0.717) is 26.3 Å². The first-order valence-corrected chi connectivity index (χ1v) is 5.57. The number of amides is 1. The zero-order chi connectivity index (χ0) is 12.9. The summed E-state index contributed by atoms with van der Waals surface area (Å²) in [6.45, 7) is 3.32. The van der Waals surface area contributed by atoms with Crippen LogP contribution in [0.15, 0.2) is 0 Å². The Morgan fingerprint density at radius 3 is 2.53 bits per heavy atom. The fraction of sp³-hybridized carbons (Fsp3) is 0.900. The molecule has 0 aromatic rings. The molecule has 1 rings (SSSR count). The minimum Gasteiger partial charge on any atom is -0.378 e. The third kappa shape index (κ3) is 5.36. The summed E-state index contributed by atoms with van der Waals surface area (Å²) in [6.07, 6.45) is -5.11. The Morgan fingerprint density at radius 2 is 2.00 bits per heavy atom. The van der Waals surface area contributed by atoms with E-state index < -0.39 is 18.6 Å². The summed E-state index contributed by atoms with van der Waals surface area (Å²) in [5, 5.41) is 2.58. The number of nitrogens with zero attached hydrogens (tertiary/aromatic N) is 1. The van der Waals surface area contributed by atoms with Gasteiger partial charge in [-0.2, -0.15) is 13.2 Å². The Hall–Kier alpha value is -0.820. The van der Waals surface area contributed by atoms with Crippen molar-refractivity contribution in [2.24, 2.45) is 0 Å². The molecule has 100 valence electrons. The van der Waals surface area contributed by atoms with Gasteiger partial charge in [-0.3, -0.25) is 4.79 Å². The fourth-order valence-corrected chi connectivity index (χ4v) is 1.58. The van der Waals surface area contributed by atoms with Crippen LogP contribution in [0.25, 0.3) is 0 Å². The molecule has 1 aliphatic heterocycles. The summed E-state index contributed by atoms with van der Waals surface area (Å²) in [7, 11) is 0. The highest BCUT2D eigenvalue weighted by atomic mass is 19.4. The van der Waals surface area contributed by atoms with E-state index in [-0.39, 0.29) is 12.5 Å². The number of alkyl halides is 3. The summed E-state index contributed by atoms with van der Waals surface area (Å²) in [5.41, 5.74) is 0. The Morgan fingerprint density at radius 1 is 1.41 bits per heavy atom. The van der Waals surface area contributed by atoms with Crippen LogP contribution in [0.1, 0.15) is 13.3 Å². The van der Waals surface area contributed by atoms with E-state index in [2.05, 4.69) is 5.32 Å². The highest BCUT2D eigenvalue weighted by Gasteiger charge is 2.28. The molecular weight excluding hydrogens is 237 g/mol. The number of halogens is 3. The SMILES string of the molecule is CC(NCCC(F)(F)F)C(=O)N1CCOCC1. The van der Waals surface area contributed by atoms with E-state index >= 15 is 0 Å². The highest BCUT2D eigenvalue weighted by Crippen LogP contribution is 2.18. The molecule has 1 fully saturated rings. The van der Waals surface area contributed by atoms with Crippen LogP contribution in [0.3, 0.4) is 0 Å². The second-order valence-electron chi connectivity index (χ2n) is 3.98. The number of ether oxygens (including phenoxy) is 1. The predicted molar refractivity (Wildman–Crippen MR) is 55.5 cm³/mol. The molecule has 1 saturated heterocycles. The Bertz CT molecular complexity index is 252. The summed E-state index contributed by atoms with van der Waals surface area (Å²) < 4.78 is 40.8. The van der Waals surface area contributed by atoms with Crippen molar-refractivity contribution < 1.29 is 22.7 Å². The average Bonchev–Trinajstić information content (AvgIpc) is 2.27. The van der Waals surface area contributed by atoms with Crippen molar-refractivity contribution in [1.82, 2.24) is 10.2 Å². The van der Waals surface area contributed by atoms with E-state index in [1.54, 1.807) is 11.8 Å². The van der Waals surface area contributed by atoms with Crippen molar-refractivity contribution in [3.05, 3.63) is 0 Å². The van der Waals surface area contributed by atoms with Gasteiger partial charge in [0.1, 0.15) is 0 Å². The fourth-order valence-electron chi connectivity index (χ4n) is 1.58. The molecule has 0 spiro atoms. The van der Waals surface area contributed by atoms with Crippen molar-refractivity contribution in [3.8, 4) is 0 Å². The van der Waals surface area contributed by atoms with Gasteiger partial charge < -0.3 is 15.0 Å². The molecule has 17 heavy (non-hydrogen) atoms. The quantitative estimate of drug-likeness (QED) is 0.806. The summed E-state index contributed by atoms with van der Waals surface area (Å²) in [5.74, 6) is -0.171. The number of morpholine rings is 1. The molecule has 1 N–H and O–H groups in total. The van der Waals surface area contributed by atoms with Crippen LogP contribution in [0, 0.1) is 0 Å². The number of nitrogens with one attached hydrogen (secondary N) is 1. The maximum absolute atomic E-state index is 11.9. The van der Waals surface area contributed by atoms with Crippen molar-refractivity contribution in [2.45, 2.75) is 25.6 Å². The summed E-state index contributed by atoms with van der Waals surface area (Å²) in [6, 6.07) is -0.588. The molecule has 0 saturated carbocycles. The van der Waals surface area contributed by atoms with Gasteiger partial charge in [-0.1, -0.05) is 0 Å². The second-order valence-corrected chi connectivity index (χ2v) is 3.98. The van der Waals surface area contributed by atoms with Gasteiger partial charge in [-0.15, -0.1) is 0 Å². The summed E-state index contributed by atoms with van der Waals surface area (Å²) >= 11 is 0. The summed E-state index contributed by atoms with van der Waals surface area (Å²) in [4.78, 5) is 13.4. The minimum atomic E-state index is -4.19. The van der Waals surface area contributed by atoms with Gasteiger partial charge >= 0.3 is 6.18 Å². The standard InChI is InChI=1S/C10H17F3N2O2/c1-8(14-3-2-10(11,12)13)9(16)15-4-6-17-7-5-15/h8,14H,2-7H2,1H3.